The van der Waals surface area contributed by atoms with Crippen LogP contribution in [0.3, 0.4) is 0 Å². The maximum atomic E-state index is 12.7. The highest BCUT2D eigenvalue weighted by Gasteiger charge is 2.30. The first kappa shape index (κ1) is 15.8. The molecule has 0 aliphatic heterocycles. The van der Waals surface area contributed by atoms with Crippen molar-refractivity contribution in [2.75, 3.05) is 0 Å². The Morgan fingerprint density at radius 2 is 1.76 bits per heavy atom. The smallest absolute Gasteiger partial charge is 0.271 e. The van der Waals surface area contributed by atoms with Crippen LogP contribution in [0.2, 0.25) is 5.02 Å². The first-order chi connectivity index (χ1) is 9.90. The summed E-state index contributed by atoms with van der Waals surface area (Å²) in [6.07, 6.45) is -3.90. The predicted molar refractivity (Wildman–Crippen MR) is 76.7 cm³/mol. The fourth-order valence-electron chi connectivity index (χ4n) is 2.06. The molecule has 0 aromatic heterocycles. The molecule has 2 nitrogen and oxygen atoms in total. The summed E-state index contributed by atoms with van der Waals surface area (Å²) >= 11 is 5.80. The van der Waals surface area contributed by atoms with Crippen molar-refractivity contribution in [3.05, 3.63) is 70.2 Å². The van der Waals surface area contributed by atoms with Crippen LogP contribution in [-0.2, 0) is 12.6 Å². The number of alkyl halides is 3. The fourth-order valence-corrected chi connectivity index (χ4v) is 2.19. The van der Waals surface area contributed by atoms with Crippen molar-refractivity contribution in [1.82, 2.24) is 5.43 Å². The molecule has 0 aliphatic carbocycles. The molecular weight excluding hydrogens is 301 g/mol. The lowest BCUT2D eigenvalue weighted by Crippen LogP contribution is -2.29. The molecule has 1 unspecified atom stereocenters. The standard InChI is InChI=1S/C15H14ClF3N2/c16-13-6-4-10(5-7-13)8-14(21-20)11-2-1-3-12(9-11)15(17,18)19/h1-7,9,14,21H,8,20H2. The number of hydrazine groups is 1. The van der Waals surface area contributed by atoms with E-state index >= 15 is 0 Å². The zero-order valence-corrected chi connectivity index (χ0v) is 11.7. The molecule has 1 atom stereocenters. The van der Waals surface area contributed by atoms with Gasteiger partial charge in [0.05, 0.1) is 5.56 Å². The van der Waals surface area contributed by atoms with E-state index in [0.29, 0.717) is 17.0 Å². The Bertz CT molecular complexity index is 597. The Hall–Kier alpha value is -1.56. The average Bonchev–Trinajstić information content (AvgIpc) is 2.46. The van der Waals surface area contributed by atoms with E-state index in [1.807, 2.05) is 12.1 Å². The number of hydrogen-bond acceptors (Lipinski definition) is 2. The Morgan fingerprint density at radius 3 is 2.33 bits per heavy atom. The molecule has 0 radical (unpaired) electrons. The predicted octanol–water partition coefficient (Wildman–Crippen LogP) is 4.11. The zero-order chi connectivity index (χ0) is 15.5. The van der Waals surface area contributed by atoms with Gasteiger partial charge in [0.1, 0.15) is 0 Å². The van der Waals surface area contributed by atoms with E-state index in [0.717, 1.165) is 17.7 Å². The molecule has 0 saturated carbocycles. The normalized spacial score (nSPS) is 13.2. The van der Waals surface area contributed by atoms with Gasteiger partial charge in [-0.05, 0) is 41.8 Å². The minimum Gasteiger partial charge on any atom is -0.271 e. The fraction of sp³-hybridized carbons (Fsp3) is 0.200. The van der Waals surface area contributed by atoms with Gasteiger partial charge in [-0.3, -0.25) is 11.3 Å². The van der Waals surface area contributed by atoms with Gasteiger partial charge in [0.25, 0.3) is 0 Å². The maximum absolute atomic E-state index is 12.7. The Kier molecular flexibility index (Phi) is 4.88. The average molecular weight is 315 g/mol. The van der Waals surface area contributed by atoms with E-state index in [-0.39, 0.29) is 0 Å². The SMILES string of the molecule is NNC(Cc1ccc(Cl)cc1)c1cccc(C(F)(F)F)c1. The summed E-state index contributed by atoms with van der Waals surface area (Å²) in [6.45, 7) is 0. The van der Waals surface area contributed by atoms with E-state index in [4.69, 9.17) is 17.4 Å². The first-order valence-electron chi connectivity index (χ1n) is 6.28. The zero-order valence-electron chi connectivity index (χ0n) is 11.0. The van der Waals surface area contributed by atoms with Crippen LogP contribution in [0.5, 0.6) is 0 Å². The third-order valence-electron chi connectivity index (χ3n) is 3.17. The number of benzene rings is 2. The van der Waals surface area contributed by atoms with E-state index in [1.54, 1.807) is 18.2 Å². The maximum Gasteiger partial charge on any atom is 0.416 e. The number of rotatable bonds is 4. The molecule has 112 valence electrons. The van der Waals surface area contributed by atoms with E-state index < -0.39 is 17.8 Å². The van der Waals surface area contributed by atoms with Crippen LogP contribution in [-0.4, -0.2) is 0 Å². The minimum absolute atomic E-state index is 0.409. The van der Waals surface area contributed by atoms with Crippen molar-refractivity contribution in [3.63, 3.8) is 0 Å². The molecule has 0 bridgehead atoms. The third kappa shape index (κ3) is 4.20. The molecule has 3 N–H and O–H groups in total. The lowest BCUT2D eigenvalue weighted by molar-refractivity contribution is -0.137. The van der Waals surface area contributed by atoms with Crippen LogP contribution in [0.4, 0.5) is 13.2 Å². The van der Waals surface area contributed by atoms with E-state index in [9.17, 15) is 13.2 Å². The molecule has 0 aliphatic rings. The molecule has 21 heavy (non-hydrogen) atoms. The summed E-state index contributed by atoms with van der Waals surface area (Å²) in [5.74, 6) is 5.48. The lowest BCUT2D eigenvalue weighted by Gasteiger charge is -2.18. The third-order valence-corrected chi connectivity index (χ3v) is 3.42. The van der Waals surface area contributed by atoms with Gasteiger partial charge in [-0.25, -0.2) is 0 Å². The van der Waals surface area contributed by atoms with E-state index in [2.05, 4.69) is 5.43 Å². The van der Waals surface area contributed by atoms with Gasteiger partial charge in [-0.15, -0.1) is 0 Å². The molecular formula is C15H14ClF3N2. The van der Waals surface area contributed by atoms with Crippen LogP contribution in [0, 0.1) is 0 Å². The van der Waals surface area contributed by atoms with Gasteiger partial charge >= 0.3 is 6.18 Å². The second kappa shape index (κ2) is 6.47. The van der Waals surface area contributed by atoms with Gasteiger partial charge in [0.15, 0.2) is 0 Å². The van der Waals surface area contributed by atoms with Gasteiger partial charge in [0.2, 0.25) is 0 Å². The number of hydrogen-bond donors (Lipinski definition) is 2. The number of nitrogens with two attached hydrogens (primary N) is 1. The van der Waals surface area contributed by atoms with Crippen molar-refractivity contribution >= 4 is 11.6 Å². The molecule has 2 aromatic carbocycles. The lowest BCUT2D eigenvalue weighted by atomic mass is 9.98. The van der Waals surface area contributed by atoms with Gasteiger partial charge in [-0.1, -0.05) is 35.9 Å². The summed E-state index contributed by atoms with van der Waals surface area (Å²) in [5, 5.41) is 0.607. The number of halogens is 4. The Morgan fingerprint density at radius 1 is 1.10 bits per heavy atom. The summed E-state index contributed by atoms with van der Waals surface area (Å²) in [4.78, 5) is 0. The Labute approximate surface area is 125 Å². The van der Waals surface area contributed by atoms with Crippen molar-refractivity contribution in [3.8, 4) is 0 Å². The van der Waals surface area contributed by atoms with Crippen molar-refractivity contribution in [2.45, 2.75) is 18.6 Å². The minimum atomic E-state index is -4.37. The number of nitrogens with one attached hydrogen (secondary N) is 1. The molecule has 0 heterocycles. The topological polar surface area (TPSA) is 38.0 Å². The molecule has 0 saturated heterocycles. The second-order valence-corrected chi connectivity index (χ2v) is 5.11. The molecule has 6 heteroatoms. The molecule has 2 aromatic rings. The van der Waals surface area contributed by atoms with Crippen LogP contribution in [0.25, 0.3) is 0 Å². The summed E-state index contributed by atoms with van der Waals surface area (Å²) in [6, 6.07) is 11.8. The summed E-state index contributed by atoms with van der Waals surface area (Å²) < 4.78 is 38.2. The largest absolute Gasteiger partial charge is 0.416 e. The van der Waals surface area contributed by atoms with E-state index in [1.165, 1.54) is 6.07 Å². The second-order valence-electron chi connectivity index (χ2n) is 4.67. The Balaban J connectivity index is 2.23. The van der Waals surface area contributed by atoms with Gasteiger partial charge < -0.3 is 0 Å². The summed E-state index contributed by atoms with van der Waals surface area (Å²) in [5.41, 5.74) is 3.29. The highest BCUT2D eigenvalue weighted by molar-refractivity contribution is 6.30. The summed E-state index contributed by atoms with van der Waals surface area (Å²) in [7, 11) is 0. The highest BCUT2D eigenvalue weighted by Crippen LogP contribution is 2.31. The van der Waals surface area contributed by atoms with Crippen LogP contribution in [0.15, 0.2) is 48.5 Å². The van der Waals surface area contributed by atoms with Gasteiger partial charge in [-0.2, -0.15) is 13.2 Å². The highest BCUT2D eigenvalue weighted by atomic mass is 35.5. The molecule has 0 amide bonds. The van der Waals surface area contributed by atoms with Crippen LogP contribution >= 0.6 is 11.6 Å². The van der Waals surface area contributed by atoms with Crippen LogP contribution < -0.4 is 11.3 Å². The van der Waals surface area contributed by atoms with Gasteiger partial charge in [0, 0.05) is 11.1 Å². The molecule has 0 spiro atoms. The molecule has 2 rings (SSSR count). The quantitative estimate of drug-likeness (QED) is 0.658. The van der Waals surface area contributed by atoms with Crippen molar-refractivity contribution in [2.24, 2.45) is 5.84 Å². The monoisotopic (exact) mass is 314 g/mol. The van der Waals surface area contributed by atoms with Crippen LogP contribution in [0.1, 0.15) is 22.7 Å². The van der Waals surface area contributed by atoms with Crippen molar-refractivity contribution in [1.29, 1.82) is 0 Å². The molecule has 0 fully saturated rings. The van der Waals surface area contributed by atoms with Crippen molar-refractivity contribution < 1.29 is 13.2 Å². The first-order valence-corrected chi connectivity index (χ1v) is 6.65.